The molecular formula is C16H24N4OSi. The lowest BCUT2D eigenvalue weighted by Gasteiger charge is -2.16. The van der Waals surface area contributed by atoms with E-state index in [9.17, 15) is 0 Å². The van der Waals surface area contributed by atoms with Crippen molar-refractivity contribution in [2.24, 2.45) is 0 Å². The number of imidazole rings is 1. The maximum Gasteiger partial charge on any atom is 0.124 e. The van der Waals surface area contributed by atoms with Crippen molar-refractivity contribution in [3.8, 4) is 11.4 Å². The molecule has 0 unspecified atom stereocenters. The van der Waals surface area contributed by atoms with Gasteiger partial charge >= 0.3 is 0 Å². The summed E-state index contributed by atoms with van der Waals surface area (Å²) in [5.41, 5.74) is 1.79. The zero-order valence-corrected chi connectivity index (χ0v) is 14.6. The van der Waals surface area contributed by atoms with Gasteiger partial charge in [-0.25, -0.2) is 15.0 Å². The molecule has 0 atom stereocenters. The molecule has 0 bridgehead atoms. The molecule has 1 aliphatic carbocycles. The van der Waals surface area contributed by atoms with Gasteiger partial charge in [-0.2, -0.15) is 0 Å². The minimum atomic E-state index is -1.03. The number of rotatable bonds is 7. The van der Waals surface area contributed by atoms with Crippen molar-refractivity contribution in [3.05, 3.63) is 30.6 Å². The fraction of sp³-hybridized carbons (Fsp3) is 0.562. The van der Waals surface area contributed by atoms with E-state index in [0.29, 0.717) is 12.6 Å². The predicted molar refractivity (Wildman–Crippen MR) is 89.3 cm³/mol. The molecule has 0 spiro atoms. The molecule has 2 heterocycles. The molecule has 1 aliphatic rings. The van der Waals surface area contributed by atoms with Crippen molar-refractivity contribution in [3.63, 3.8) is 0 Å². The van der Waals surface area contributed by atoms with Crippen LogP contribution in [0, 0.1) is 0 Å². The molecule has 0 amide bonds. The molecule has 1 saturated carbocycles. The Kier molecular flexibility index (Phi) is 4.40. The Morgan fingerprint density at radius 1 is 1.27 bits per heavy atom. The summed E-state index contributed by atoms with van der Waals surface area (Å²) >= 11 is 0. The fourth-order valence-corrected chi connectivity index (χ4v) is 3.06. The van der Waals surface area contributed by atoms with Crippen molar-refractivity contribution < 1.29 is 4.74 Å². The van der Waals surface area contributed by atoms with Gasteiger partial charge in [0.05, 0.1) is 5.69 Å². The van der Waals surface area contributed by atoms with Gasteiger partial charge in [0.15, 0.2) is 0 Å². The van der Waals surface area contributed by atoms with E-state index in [1.165, 1.54) is 18.9 Å². The number of nitrogens with zero attached hydrogens (tertiary/aromatic N) is 4. The van der Waals surface area contributed by atoms with Crippen LogP contribution in [0.25, 0.3) is 11.4 Å². The molecule has 3 rings (SSSR count). The van der Waals surface area contributed by atoms with Gasteiger partial charge in [0.2, 0.25) is 0 Å². The van der Waals surface area contributed by atoms with E-state index < -0.39 is 8.07 Å². The highest BCUT2D eigenvalue weighted by atomic mass is 28.3. The van der Waals surface area contributed by atoms with Gasteiger partial charge < -0.3 is 9.30 Å². The van der Waals surface area contributed by atoms with Gasteiger partial charge in [0, 0.05) is 33.0 Å². The average Bonchev–Trinajstić information content (AvgIpc) is 3.24. The van der Waals surface area contributed by atoms with Crippen LogP contribution in [0.1, 0.15) is 24.6 Å². The topological polar surface area (TPSA) is 52.8 Å². The van der Waals surface area contributed by atoms with E-state index in [1.807, 2.05) is 6.07 Å². The number of hydrogen-bond acceptors (Lipinski definition) is 4. The minimum absolute atomic E-state index is 0.592. The molecule has 0 saturated heterocycles. The summed E-state index contributed by atoms with van der Waals surface area (Å²) in [4.78, 5) is 13.0. The largest absolute Gasteiger partial charge is 0.361 e. The van der Waals surface area contributed by atoms with Crippen LogP contribution in [0.15, 0.2) is 24.8 Å². The molecule has 2 aromatic rings. The van der Waals surface area contributed by atoms with E-state index in [1.54, 1.807) is 12.5 Å². The summed E-state index contributed by atoms with van der Waals surface area (Å²) < 4.78 is 8.04. The van der Waals surface area contributed by atoms with Crippen LogP contribution in [0.3, 0.4) is 0 Å². The van der Waals surface area contributed by atoms with Crippen LogP contribution < -0.4 is 0 Å². The monoisotopic (exact) mass is 316 g/mol. The van der Waals surface area contributed by atoms with Crippen LogP contribution in [-0.2, 0) is 11.5 Å². The smallest absolute Gasteiger partial charge is 0.124 e. The number of ether oxygens (including phenoxy) is 1. The predicted octanol–water partition coefficient (Wildman–Crippen LogP) is 3.53. The van der Waals surface area contributed by atoms with Crippen molar-refractivity contribution >= 4 is 8.07 Å². The molecule has 0 N–H and O–H groups in total. The molecule has 0 aliphatic heterocycles. The summed E-state index contributed by atoms with van der Waals surface area (Å²) in [5, 5.41) is 0. The number of hydrogen-bond donors (Lipinski definition) is 0. The van der Waals surface area contributed by atoms with Crippen LogP contribution in [0.4, 0.5) is 0 Å². The first kappa shape index (κ1) is 15.4. The van der Waals surface area contributed by atoms with Crippen LogP contribution in [-0.4, -0.2) is 34.2 Å². The summed E-state index contributed by atoms with van der Waals surface area (Å²) in [6.45, 7) is 8.54. The standard InChI is InChI=1S/C16H24N4OSi/c1-22(2,3)9-8-21-12-20-10-15(14-6-7-17-11-18-14)19-16(20)13-4-5-13/h6-7,10-11,13H,4-5,8-9,12H2,1-3H3. The van der Waals surface area contributed by atoms with Gasteiger partial charge in [-0.15, -0.1) is 0 Å². The summed E-state index contributed by atoms with van der Waals surface area (Å²) in [7, 11) is -1.03. The highest BCUT2D eigenvalue weighted by Gasteiger charge is 2.29. The molecule has 2 aromatic heterocycles. The Morgan fingerprint density at radius 2 is 2.09 bits per heavy atom. The fourth-order valence-electron chi connectivity index (χ4n) is 2.31. The molecule has 118 valence electrons. The second-order valence-electron chi connectivity index (χ2n) is 7.17. The van der Waals surface area contributed by atoms with Crippen LogP contribution >= 0.6 is 0 Å². The van der Waals surface area contributed by atoms with Gasteiger partial charge in [0.25, 0.3) is 0 Å². The average molecular weight is 316 g/mol. The molecular weight excluding hydrogens is 292 g/mol. The number of aromatic nitrogens is 4. The summed E-state index contributed by atoms with van der Waals surface area (Å²) in [6.07, 6.45) is 7.84. The zero-order chi connectivity index (χ0) is 15.6. The third-order valence-corrected chi connectivity index (χ3v) is 5.53. The molecule has 0 aromatic carbocycles. The van der Waals surface area contributed by atoms with Crippen molar-refractivity contribution in [2.45, 2.75) is 51.2 Å². The zero-order valence-electron chi connectivity index (χ0n) is 13.6. The lowest BCUT2D eigenvalue weighted by molar-refractivity contribution is 0.0851. The molecule has 5 nitrogen and oxygen atoms in total. The first-order chi connectivity index (χ1) is 10.5. The quantitative estimate of drug-likeness (QED) is 0.579. The van der Waals surface area contributed by atoms with Crippen molar-refractivity contribution in [2.75, 3.05) is 6.61 Å². The second-order valence-corrected chi connectivity index (χ2v) is 12.8. The first-order valence-corrected chi connectivity index (χ1v) is 11.6. The third kappa shape index (κ3) is 4.01. The Labute approximate surface area is 132 Å². The highest BCUT2D eigenvalue weighted by molar-refractivity contribution is 6.76. The van der Waals surface area contributed by atoms with Crippen molar-refractivity contribution in [1.29, 1.82) is 0 Å². The first-order valence-electron chi connectivity index (χ1n) is 7.94. The van der Waals surface area contributed by atoms with E-state index in [0.717, 1.165) is 23.8 Å². The van der Waals surface area contributed by atoms with Crippen LogP contribution in [0.2, 0.25) is 25.7 Å². The highest BCUT2D eigenvalue weighted by Crippen LogP contribution is 2.40. The van der Waals surface area contributed by atoms with Gasteiger partial charge in [0.1, 0.15) is 24.6 Å². The lowest BCUT2D eigenvalue weighted by Crippen LogP contribution is -2.22. The Hall–Kier alpha value is -1.53. The van der Waals surface area contributed by atoms with Gasteiger partial charge in [-0.05, 0) is 25.0 Å². The van der Waals surface area contributed by atoms with E-state index in [-0.39, 0.29) is 0 Å². The SMILES string of the molecule is C[Si](C)(C)CCOCn1cc(-c2ccncn2)nc1C1CC1. The maximum absolute atomic E-state index is 5.89. The maximum atomic E-state index is 5.89. The van der Waals surface area contributed by atoms with E-state index >= 15 is 0 Å². The van der Waals surface area contributed by atoms with Gasteiger partial charge in [-0.3, -0.25) is 0 Å². The molecule has 0 radical (unpaired) electrons. The van der Waals surface area contributed by atoms with Crippen molar-refractivity contribution in [1.82, 2.24) is 19.5 Å². The summed E-state index contributed by atoms with van der Waals surface area (Å²) in [5.74, 6) is 1.73. The lowest BCUT2D eigenvalue weighted by atomic mass is 10.3. The molecule has 1 fully saturated rings. The van der Waals surface area contributed by atoms with E-state index in [2.05, 4.69) is 40.4 Å². The molecule has 22 heavy (non-hydrogen) atoms. The Balaban J connectivity index is 1.69. The normalized spacial score (nSPS) is 15.2. The summed E-state index contributed by atoms with van der Waals surface area (Å²) in [6, 6.07) is 3.09. The minimum Gasteiger partial charge on any atom is -0.361 e. The molecule has 6 heteroatoms. The van der Waals surface area contributed by atoms with Gasteiger partial charge in [-0.1, -0.05) is 19.6 Å². The second kappa shape index (κ2) is 6.30. The van der Waals surface area contributed by atoms with E-state index in [4.69, 9.17) is 9.72 Å². The Bertz CT molecular complexity index is 617. The Morgan fingerprint density at radius 3 is 2.73 bits per heavy atom. The van der Waals surface area contributed by atoms with Crippen LogP contribution in [0.5, 0.6) is 0 Å². The third-order valence-electron chi connectivity index (χ3n) is 3.82.